The normalized spacial score (nSPS) is 18.9. The molecule has 0 aromatic carbocycles. The van der Waals surface area contributed by atoms with Crippen LogP contribution in [0.1, 0.15) is 29.9 Å². The van der Waals surface area contributed by atoms with E-state index in [4.69, 9.17) is 9.72 Å². The van der Waals surface area contributed by atoms with Crippen LogP contribution in [0.5, 0.6) is 5.88 Å². The highest BCUT2D eigenvalue weighted by Crippen LogP contribution is 2.29. The minimum atomic E-state index is 0.451. The standard InChI is InChI=1S/C20H22N6O/c1-13-22-18-10-21-7-5-16(18)20(23-13)26-8-6-14(11-26)12-27-19-9-15-3-2-4-17(15)24-25-19/h5,7,9-10,14H,2-4,6,8,11-12H2,1H3. The minimum Gasteiger partial charge on any atom is -0.476 e. The van der Waals surface area contributed by atoms with Gasteiger partial charge in [-0.25, -0.2) is 9.97 Å². The number of aryl methyl sites for hydroxylation is 3. The Morgan fingerprint density at radius 1 is 1.22 bits per heavy atom. The van der Waals surface area contributed by atoms with Gasteiger partial charge in [0.25, 0.3) is 0 Å². The molecule has 4 heterocycles. The second-order valence-electron chi connectivity index (χ2n) is 7.41. The molecule has 138 valence electrons. The fourth-order valence-corrected chi connectivity index (χ4v) is 4.06. The molecule has 1 fully saturated rings. The van der Waals surface area contributed by atoms with Crippen LogP contribution in [0.3, 0.4) is 0 Å². The number of ether oxygens (including phenoxy) is 1. The average Bonchev–Trinajstić information content (AvgIpc) is 3.34. The molecular formula is C20H22N6O. The van der Waals surface area contributed by atoms with Crippen LogP contribution in [-0.4, -0.2) is 44.8 Å². The van der Waals surface area contributed by atoms with E-state index in [1.807, 2.05) is 13.0 Å². The van der Waals surface area contributed by atoms with Crippen molar-refractivity contribution in [2.45, 2.75) is 32.6 Å². The van der Waals surface area contributed by atoms with E-state index in [-0.39, 0.29) is 0 Å². The molecule has 27 heavy (non-hydrogen) atoms. The highest BCUT2D eigenvalue weighted by Gasteiger charge is 2.26. The van der Waals surface area contributed by atoms with Crippen molar-refractivity contribution in [2.75, 3.05) is 24.6 Å². The maximum atomic E-state index is 5.97. The third kappa shape index (κ3) is 3.18. The Morgan fingerprint density at radius 2 is 2.19 bits per heavy atom. The summed E-state index contributed by atoms with van der Waals surface area (Å²) in [5.74, 6) is 2.88. The summed E-state index contributed by atoms with van der Waals surface area (Å²) in [6.07, 6.45) is 7.99. The molecule has 7 nitrogen and oxygen atoms in total. The Labute approximate surface area is 157 Å². The fraction of sp³-hybridized carbons (Fsp3) is 0.450. The predicted octanol–water partition coefficient (Wildman–Crippen LogP) is 2.52. The monoisotopic (exact) mass is 362 g/mol. The third-order valence-corrected chi connectivity index (χ3v) is 5.44. The number of rotatable bonds is 4. The Balaban J connectivity index is 1.28. The molecule has 1 aliphatic heterocycles. The summed E-state index contributed by atoms with van der Waals surface area (Å²) in [5, 5.41) is 9.59. The van der Waals surface area contributed by atoms with Gasteiger partial charge in [-0.1, -0.05) is 0 Å². The Bertz CT molecular complexity index is 991. The van der Waals surface area contributed by atoms with E-state index in [9.17, 15) is 0 Å². The van der Waals surface area contributed by atoms with Gasteiger partial charge in [0.1, 0.15) is 11.6 Å². The van der Waals surface area contributed by atoms with Gasteiger partial charge in [0.2, 0.25) is 5.88 Å². The molecule has 7 heteroatoms. The molecule has 0 bridgehead atoms. The van der Waals surface area contributed by atoms with E-state index in [1.165, 1.54) is 12.0 Å². The largest absolute Gasteiger partial charge is 0.476 e. The molecule has 3 aromatic heterocycles. The minimum absolute atomic E-state index is 0.451. The van der Waals surface area contributed by atoms with E-state index in [2.05, 4.69) is 31.1 Å². The molecule has 1 aliphatic carbocycles. The maximum Gasteiger partial charge on any atom is 0.233 e. The van der Waals surface area contributed by atoms with E-state index < -0.39 is 0 Å². The lowest BCUT2D eigenvalue weighted by atomic mass is 10.1. The SMILES string of the molecule is Cc1nc(N2CCC(COc3cc4c(nn3)CCC4)C2)c2ccncc2n1. The summed E-state index contributed by atoms with van der Waals surface area (Å²) in [5.41, 5.74) is 3.33. The van der Waals surface area contributed by atoms with Gasteiger partial charge in [0.15, 0.2) is 0 Å². The second-order valence-corrected chi connectivity index (χ2v) is 7.41. The molecule has 0 amide bonds. The summed E-state index contributed by atoms with van der Waals surface area (Å²) in [6.45, 7) is 4.48. The number of nitrogens with zero attached hydrogens (tertiary/aromatic N) is 6. The molecule has 0 saturated carbocycles. The van der Waals surface area contributed by atoms with Gasteiger partial charge in [0, 0.05) is 36.7 Å². The van der Waals surface area contributed by atoms with Crippen LogP contribution in [0.15, 0.2) is 24.5 Å². The van der Waals surface area contributed by atoms with Crippen molar-refractivity contribution in [3.8, 4) is 5.88 Å². The highest BCUT2D eigenvalue weighted by molar-refractivity contribution is 5.88. The molecule has 5 rings (SSSR count). The lowest BCUT2D eigenvalue weighted by molar-refractivity contribution is 0.249. The van der Waals surface area contributed by atoms with Crippen LogP contribution in [0, 0.1) is 12.8 Å². The van der Waals surface area contributed by atoms with Crippen molar-refractivity contribution in [3.63, 3.8) is 0 Å². The Hall–Kier alpha value is -2.83. The van der Waals surface area contributed by atoms with Crippen molar-refractivity contribution in [1.82, 2.24) is 25.1 Å². The Morgan fingerprint density at radius 3 is 3.15 bits per heavy atom. The first-order valence-corrected chi connectivity index (χ1v) is 9.58. The summed E-state index contributed by atoms with van der Waals surface area (Å²) < 4.78 is 5.97. The van der Waals surface area contributed by atoms with Crippen molar-refractivity contribution < 1.29 is 4.74 Å². The number of hydrogen-bond acceptors (Lipinski definition) is 7. The summed E-state index contributed by atoms with van der Waals surface area (Å²) in [4.78, 5) is 15.7. The topological polar surface area (TPSA) is 76.9 Å². The molecule has 0 radical (unpaired) electrons. The average molecular weight is 362 g/mol. The quantitative estimate of drug-likeness (QED) is 0.706. The number of fused-ring (bicyclic) bond motifs is 2. The predicted molar refractivity (Wildman–Crippen MR) is 102 cm³/mol. The Kier molecular flexibility index (Phi) is 4.07. The van der Waals surface area contributed by atoms with Crippen LogP contribution in [0.4, 0.5) is 5.82 Å². The van der Waals surface area contributed by atoms with Crippen LogP contribution >= 0.6 is 0 Å². The first-order valence-electron chi connectivity index (χ1n) is 9.58. The van der Waals surface area contributed by atoms with Crippen molar-refractivity contribution in [3.05, 3.63) is 41.6 Å². The van der Waals surface area contributed by atoms with Gasteiger partial charge in [-0.3, -0.25) is 4.98 Å². The highest BCUT2D eigenvalue weighted by atomic mass is 16.5. The molecule has 0 spiro atoms. The van der Waals surface area contributed by atoms with E-state index in [0.717, 1.165) is 60.6 Å². The molecular weight excluding hydrogens is 340 g/mol. The maximum absolute atomic E-state index is 5.97. The van der Waals surface area contributed by atoms with Crippen LogP contribution in [0.25, 0.3) is 10.9 Å². The first kappa shape index (κ1) is 16.4. The van der Waals surface area contributed by atoms with Crippen LogP contribution < -0.4 is 9.64 Å². The smallest absolute Gasteiger partial charge is 0.233 e. The van der Waals surface area contributed by atoms with Crippen molar-refractivity contribution in [2.24, 2.45) is 5.92 Å². The molecule has 2 aliphatic rings. The zero-order chi connectivity index (χ0) is 18.2. The first-order chi connectivity index (χ1) is 13.3. The number of pyridine rings is 1. The molecule has 0 N–H and O–H groups in total. The van der Waals surface area contributed by atoms with Gasteiger partial charge >= 0.3 is 0 Å². The van der Waals surface area contributed by atoms with Gasteiger partial charge in [-0.15, -0.1) is 5.10 Å². The van der Waals surface area contributed by atoms with Crippen molar-refractivity contribution in [1.29, 1.82) is 0 Å². The zero-order valence-electron chi connectivity index (χ0n) is 15.4. The fourth-order valence-electron chi connectivity index (χ4n) is 4.06. The lowest BCUT2D eigenvalue weighted by Gasteiger charge is -2.19. The van der Waals surface area contributed by atoms with E-state index in [0.29, 0.717) is 18.4 Å². The molecule has 1 saturated heterocycles. The molecule has 1 unspecified atom stereocenters. The van der Waals surface area contributed by atoms with Crippen LogP contribution in [-0.2, 0) is 12.8 Å². The van der Waals surface area contributed by atoms with E-state index in [1.54, 1.807) is 12.4 Å². The van der Waals surface area contributed by atoms with Gasteiger partial charge < -0.3 is 9.64 Å². The zero-order valence-corrected chi connectivity index (χ0v) is 15.4. The van der Waals surface area contributed by atoms with E-state index >= 15 is 0 Å². The van der Waals surface area contributed by atoms with Gasteiger partial charge in [-0.05, 0) is 44.2 Å². The third-order valence-electron chi connectivity index (χ3n) is 5.44. The van der Waals surface area contributed by atoms with Gasteiger partial charge in [-0.2, -0.15) is 5.10 Å². The summed E-state index contributed by atoms with van der Waals surface area (Å²) in [6, 6.07) is 4.06. The van der Waals surface area contributed by atoms with Crippen molar-refractivity contribution >= 4 is 16.7 Å². The van der Waals surface area contributed by atoms with Gasteiger partial charge in [0.05, 0.1) is 24.0 Å². The summed E-state index contributed by atoms with van der Waals surface area (Å²) in [7, 11) is 0. The lowest BCUT2D eigenvalue weighted by Crippen LogP contribution is -2.23. The van der Waals surface area contributed by atoms with Crippen LogP contribution in [0.2, 0.25) is 0 Å². The number of hydrogen-bond donors (Lipinski definition) is 0. The second kappa shape index (κ2) is 6.72. The molecule has 1 atom stereocenters. The number of anilines is 1. The summed E-state index contributed by atoms with van der Waals surface area (Å²) >= 11 is 0. The molecule has 3 aromatic rings. The number of aromatic nitrogens is 5.